The van der Waals surface area contributed by atoms with Gasteiger partial charge in [-0.2, -0.15) is 4.57 Å². The van der Waals surface area contributed by atoms with Crippen molar-refractivity contribution >= 4 is 80.6 Å². The van der Waals surface area contributed by atoms with Crippen molar-refractivity contribution in [3.8, 4) is 0 Å². The quantitative estimate of drug-likeness (QED) is 0.0882. The summed E-state index contributed by atoms with van der Waals surface area (Å²) in [4.78, 5) is 66.9. The number of thiazole rings is 1. The second-order valence-electron chi connectivity index (χ2n) is 8.49. The number of H-pyrrole nitrogens is 1. The summed E-state index contributed by atoms with van der Waals surface area (Å²) in [6.07, 6.45) is 4.55. The monoisotopic (exact) mass is 591 g/mol. The van der Waals surface area contributed by atoms with Gasteiger partial charge in [-0.05, 0) is 6.92 Å². The number of thioether (sulfide) groups is 1. The van der Waals surface area contributed by atoms with E-state index in [9.17, 15) is 19.2 Å². The molecule has 0 bridgehead atoms. The number of hydrogen-bond donors (Lipinski definition) is 4. The van der Waals surface area contributed by atoms with E-state index in [1.165, 1.54) is 23.6 Å². The Bertz CT molecular complexity index is 1570. The molecule has 39 heavy (non-hydrogen) atoms. The Morgan fingerprint density at radius 1 is 1.51 bits per heavy atom. The number of β-lactam (4-membered cyclic amide) rings is 1. The van der Waals surface area contributed by atoms with Crippen LogP contribution >= 0.6 is 34.7 Å². The fourth-order valence-electron chi connectivity index (χ4n) is 4.01. The number of nitrogens with one attached hydrogen (secondary N) is 2. The number of carboxylic acids is 1. The predicted molar refractivity (Wildman–Crippen MR) is 141 cm³/mol. The Hall–Kier alpha value is -4.02. The van der Waals surface area contributed by atoms with Crippen LogP contribution in [0.1, 0.15) is 12.6 Å². The number of imidazole rings is 1. The molecule has 0 spiro atoms. The Kier molecular flexibility index (Phi) is 7.24. The Balaban J connectivity index is 1.34. The number of aliphatic carboxylic acids is 1. The fourth-order valence-corrected chi connectivity index (χ4v) is 6.29. The van der Waals surface area contributed by atoms with Crippen molar-refractivity contribution in [2.24, 2.45) is 5.16 Å². The van der Waals surface area contributed by atoms with E-state index in [1.807, 2.05) is 23.0 Å². The average Bonchev–Trinajstić information content (AvgIpc) is 3.51. The number of aromatic amines is 1. The van der Waals surface area contributed by atoms with Crippen LogP contribution in [-0.4, -0.2) is 78.0 Å². The molecule has 3 aromatic rings. The molecule has 3 atom stereocenters. The smallest absolute Gasteiger partial charge is 0.347 e. The lowest BCUT2D eigenvalue weighted by Gasteiger charge is -2.49. The number of hydrogen-bond acceptors (Lipinski definition) is 11. The van der Waals surface area contributed by atoms with Crippen LogP contribution in [0.2, 0.25) is 4.34 Å². The second-order valence-corrected chi connectivity index (χ2v) is 11.2. The number of rotatable bonds is 9. The van der Waals surface area contributed by atoms with Crippen LogP contribution in [0, 0.1) is 0 Å². The molecule has 0 saturated carbocycles. The number of amides is 2. The van der Waals surface area contributed by atoms with E-state index >= 15 is 0 Å². The number of nitrogen functional groups attached to an aromatic ring is 1. The van der Waals surface area contributed by atoms with Gasteiger partial charge in [0.2, 0.25) is 6.10 Å². The van der Waals surface area contributed by atoms with Crippen LogP contribution in [-0.2, 0) is 30.6 Å². The largest absolute Gasteiger partial charge is 0.478 e. The van der Waals surface area contributed by atoms with Crippen LogP contribution in [0.15, 0.2) is 41.2 Å². The molecule has 202 valence electrons. The summed E-state index contributed by atoms with van der Waals surface area (Å²) in [5.41, 5.74) is 7.75. The molecule has 5 N–H and O–H groups in total. The molecule has 0 aromatic carbocycles. The van der Waals surface area contributed by atoms with Gasteiger partial charge in [0.1, 0.15) is 32.5 Å². The van der Waals surface area contributed by atoms with Crippen molar-refractivity contribution < 1.29 is 33.7 Å². The summed E-state index contributed by atoms with van der Waals surface area (Å²) in [6.45, 7) is 1.60. The van der Waals surface area contributed by atoms with E-state index in [0.717, 1.165) is 27.9 Å². The van der Waals surface area contributed by atoms with Gasteiger partial charge in [-0.3, -0.25) is 19.3 Å². The third kappa shape index (κ3) is 5.05. The summed E-state index contributed by atoms with van der Waals surface area (Å²) in [5.74, 6) is -2.23. The van der Waals surface area contributed by atoms with Crippen LogP contribution < -0.4 is 15.6 Å². The number of nitrogens with two attached hydrogens (primary N) is 1. The summed E-state index contributed by atoms with van der Waals surface area (Å²) in [5, 5.41) is 14.8. The third-order valence-electron chi connectivity index (χ3n) is 5.97. The van der Waals surface area contributed by atoms with Crippen molar-refractivity contribution in [2.75, 3.05) is 11.5 Å². The maximum absolute atomic E-state index is 13.2. The summed E-state index contributed by atoms with van der Waals surface area (Å²) in [6, 6.07) is 0.860. The van der Waals surface area contributed by atoms with E-state index in [4.69, 9.17) is 27.3 Å². The first-order valence-corrected chi connectivity index (χ1v) is 13.6. The molecular formula is C22H20ClN8O6S2+. The van der Waals surface area contributed by atoms with Crippen molar-refractivity contribution in [2.45, 2.75) is 31.0 Å². The third-order valence-corrected chi connectivity index (χ3v) is 8.40. The van der Waals surface area contributed by atoms with Crippen molar-refractivity contribution in [3.63, 3.8) is 0 Å². The highest BCUT2D eigenvalue weighted by molar-refractivity contribution is 8.00. The Morgan fingerprint density at radius 3 is 3.00 bits per heavy atom. The molecule has 5 rings (SSSR count). The van der Waals surface area contributed by atoms with Gasteiger partial charge in [0.15, 0.2) is 36.1 Å². The van der Waals surface area contributed by atoms with Gasteiger partial charge in [-0.15, -0.1) is 11.8 Å². The van der Waals surface area contributed by atoms with E-state index in [-0.39, 0.29) is 20.9 Å². The normalized spacial score (nSPS) is 19.9. The van der Waals surface area contributed by atoms with Crippen molar-refractivity contribution in [1.82, 2.24) is 25.2 Å². The van der Waals surface area contributed by atoms with Gasteiger partial charge in [0.05, 0.1) is 12.0 Å². The Labute approximate surface area is 232 Å². The standard InChI is InChI=1S/C22H19ClN8O6S2/c1-9(21(35)36)37-29-15(14-17(23)39-22(24)28-14)18(33)27-16-19(34)31-13(6-32)10(7-38-20(16)31)4-30-3-2-11-12(5-30)26-8-25-11/h2-3,5-6,8-9,16,20H,4,7H2,1H3,(H4,24,27,28,33,35,36)/p+1/b29-15-/t9-,16?,20?/m0/s1. The minimum absolute atomic E-state index is 0.0308. The first-order valence-electron chi connectivity index (χ1n) is 11.3. The van der Waals surface area contributed by atoms with Gasteiger partial charge in [-0.25, -0.2) is 14.8 Å². The molecule has 2 aliphatic rings. The number of pyridine rings is 1. The van der Waals surface area contributed by atoms with E-state index < -0.39 is 41.0 Å². The topological polar surface area (TPSA) is 197 Å². The van der Waals surface area contributed by atoms with Crippen LogP contribution in [0.25, 0.3) is 11.0 Å². The minimum Gasteiger partial charge on any atom is -0.478 e. The molecule has 14 nitrogen and oxygen atoms in total. The summed E-state index contributed by atoms with van der Waals surface area (Å²) in [7, 11) is 0. The number of halogens is 1. The zero-order valence-electron chi connectivity index (χ0n) is 20.0. The molecule has 17 heteroatoms. The van der Waals surface area contributed by atoms with Gasteiger partial charge in [0, 0.05) is 17.4 Å². The molecule has 1 fully saturated rings. The number of aldehydes is 1. The number of anilines is 1. The highest BCUT2D eigenvalue weighted by Gasteiger charge is 2.53. The highest BCUT2D eigenvalue weighted by Crippen LogP contribution is 2.39. The number of fused-ring (bicyclic) bond motifs is 2. The van der Waals surface area contributed by atoms with Crippen LogP contribution in [0.3, 0.4) is 0 Å². The zero-order valence-corrected chi connectivity index (χ0v) is 22.4. The highest BCUT2D eigenvalue weighted by atomic mass is 35.5. The fraction of sp³-hybridized carbons (Fsp3) is 0.273. The zero-order chi connectivity index (χ0) is 27.8. The van der Waals surface area contributed by atoms with Gasteiger partial charge in [-0.1, -0.05) is 28.1 Å². The van der Waals surface area contributed by atoms with Gasteiger partial charge < -0.3 is 26.0 Å². The lowest BCUT2D eigenvalue weighted by atomic mass is 10.0. The molecule has 0 aliphatic carbocycles. The molecule has 5 heterocycles. The molecule has 2 unspecified atom stereocenters. The number of carboxylic acid groups (broad SMARTS) is 1. The van der Waals surface area contributed by atoms with Crippen molar-refractivity contribution in [1.29, 1.82) is 0 Å². The number of oxime groups is 1. The number of carbonyl (C=O) groups excluding carboxylic acids is 3. The summed E-state index contributed by atoms with van der Waals surface area (Å²) >= 11 is 8.42. The number of aromatic nitrogens is 4. The van der Waals surface area contributed by atoms with Crippen LogP contribution in [0.5, 0.6) is 0 Å². The number of nitrogens with zero attached hydrogens (tertiary/aromatic N) is 5. The van der Waals surface area contributed by atoms with Gasteiger partial charge >= 0.3 is 5.97 Å². The Morgan fingerprint density at radius 2 is 2.31 bits per heavy atom. The predicted octanol–water partition coefficient (Wildman–Crippen LogP) is 0.289. The average molecular weight is 592 g/mol. The molecule has 1 saturated heterocycles. The molecule has 2 amide bonds. The van der Waals surface area contributed by atoms with Gasteiger partial charge in [0.25, 0.3) is 11.8 Å². The second kappa shape index (κ2) is 10.6. The van der Waals surface area contributed by atoms with E-state index in [0.29, 0.717) is 18.6 Å². The van der Waals surface area contributed by atoms with Crippen molar-refractivity contribution in [3.05, 3.63) is 46.1 Å². The molecule has 0 radical (unpaired) electrons. The lowest BCUT2D eigenvalue weighted by molar-refractivity contribution is -0.687. The molecule has 3 aromatic heterocycles. The molecular weight excluding hydrogens is 572 g/mol. The lowest BCUT2D eigenvalue weighted by Crippen LogP contribution is -2.70. The first-order chi connectivity index (χ1) is 18.7. The maximum Gasteiger partial charge on any atom is 0.347 e. The minimum atomic E-state index is -1.37. The van der Waals surface area contributed by atoms with E-state index in [2.05, 4.69) is 25.4 Å². The maximum atomic E-state index is 13.2. The number of allylic oxidation sites excluding steroid dienone is 1. The SMILES string of the molecule is C[C@H](O/N=C(\C(=O)NC1C(=O)N2C(C=O)=C(C[n+]3ccc4nc[nH]c4c3)CSC12)c1nc(N)sc1Cl)C(=O)O. The first kappa shape index (κ1) is 26.6. The summed E-state index contributed by atoms with van der Waals surface area (Å²) < 4.78 is 1.91. The van der Waals surface area contributed by atoms with Crippen LogP contribution in [0.4, 0.5) is 5.13 Å². The molecule has 2 aliphatic heterocycles. The number of carbonyl (C=O) groups is 4. The van der Waals surface area contributed by atoms with E-state index in [1.54, 1.807) is 6.33 Å².